The SMILES string of the molecule is CC(=S)NCCCC[C@H](NC(=O)[C@@H]1CCCN1C(=O)OC(C)(C)C)C(=O)Nc1ccccc1. The van der Waals surface area contributed by atoms with E-state index in [2.05, 4.69) is 16.0 Å². The molecule has 2 rings (SSSR count). The molecule has 0 bridgehead atoms. The molecule has 0 spiro atoms. The van der Waals surface area contributed by atoms with Crippen LogP contribution in [-0.2, 0) is 14.3 Å². The summed E-state index contributed by atoms with van der Waals surface area (Å²) in [5, 5.41) is 8.84. The molecule has 0 unspecified atom stereocenters. The fourth-order valence-corrected chi connectivity index (χ4v) is 3.71. The lowest BCUT2D eigenvalue weighted by Crippen LogP contribution is -2.52. The number of nitrogens with one attached hydrogen (secondary N) is 3. The van der Waals surface area contributed by atoms with Gasteiger partial charge in [-0.25, -0.2) is 4.79 Å². The van der Waals surface area contributed by atoms with E-state index in [0.717, 1.165) is 17.8 Å². The normalized spacial score (nSPS) is 16.6. The van der Waals surface area contributed by atoms with Gasteiger partial charge in [-0.2, -0.15) is 0 Å². The van der Waals surface area contributed by atoms with Gasteiger partial charge >= 0.3 is 6.09 Å². The molecule has 0 aromatic heterocycles. The van der Waals surface area contributed by atoms with E-state index in [9.17, 15) is 14.4 Å². The van der Waals surface area contributed by atoms with Gasteiger partial charge in [0.25, 0.3) is 0 Å². The third-order valence-corrected chi connectivity index (χ3v) is 5.30. The summed E-state index contributed by atoms with van der Waals surface area (Å²) in [7, 11) is 0. The molecule has 1 heterocycles. The van der Waals surface area contributed by atoms with Gasteiger partial charge in [0.05, 0.1) is 4.99 Å². The predicted molar refractivity (Wildman–Crippen MR) is 133 cm³/mol. The summed E-state index contributed by atoms with van der Waals surface area (Å²) >= 11 is 5.02. The second-order valence-electron chi connectivity index (χ2n) is 9.23. The molecule has 0 saturated carbocycles. The highest BCUT2D eigenvalue weighted by Gasteiger charge is 2.37. The largest absolute Gasteiger partial charge is 0.444 e. The van der Waals surface area contributed by atoms with E-state index in [1.807, 2.05) is 25.1 Å². The highest BCUT2D eigenvalue weighted by atomic mass is 32.1. The number of ether oxygens (including phenoxy) is 1. The Morgan fingerprint density at radius 2 is 1.88 bits per heavy atom. The Kier molecular flexibility index (Phi) is 10.1. The lowest BCUT2D eigenvalue weighted by Gasteiger charge is -2.29. The lowest BCUT2D eigenvalue weighted by molar-refractivity contribution is -0.129. The van der Waals surface area contributed by atoms with E-state index in [1.54, 1.807) is 32.9 Å². The Morgan fingerprint density at radius 1 is 1.18 bits per heavy atom. The first-order valence-electron chi connectivity index (χ1n) is 11.5. The highest BCUT2D eigenvalue weighted by Crippen LogP contribution is 2.21. The number of hydrogen-bond donors (Lipinski definition) is 3. The molecule has 0 radical (unpaired) electrons. The van der Waals surface area contributed by atoms with E-state index in [-0.39, 0.29) is 11.8 Å². The van der Waals surface area contributed by atoms with Crippen LogP contribution in [0.25, 0.3) is 0 Å². The van der Waals surface area contributed by atoms with Crippen molar-refractivity contribution in [1.82, 2.24) is 15.5 Å². The Bertz CT molecular complexity index is 826. The molecule has 8 nitrogen and oxygen atoms in total. The number of thiocarbonyl (C=S) groups is 1. The summed E-state index contributed by atoms with van der Waals surface area (Å²) in [5.41, 5.74) is 0.0178. The molecule has 1 aromatic carbocycles. The number of likely N-dealkylation sites (tertiary alicyclic amines) is 1. The standard InChI is InChI=1S/C24H36N4O4S/c1-17(33)25-15-9-8-13-19(21(29)26-18-11-6-5-7-12-18)27-22(30)20-14-10-16-28(20)23(31)32-24(2,3)4/h5-7,11-12,19-20H,8-10,13-16H2,1-4H3,(H,25,33)(H,26,29)(H,27,30)/t19-,20-/m0/s1. The van der Waals surface area contributed by atoms with Crippen LogP contribution in [0.2, 0.25) is 0 Å². The van der Waals surface area contributed by atoms with Gasteiger partial charge in [-0.05, 0) is 71.9 Å². The van der Waals surface area contributed by atoms with Crippen LogP contribution in [0.1, 0.15) is 59.8 Å². The number of benzene rings is 1. The minimum Gasteiger partial charge on any atom is -0.444 e. The molecule has 0 aliphatic carbocycles. The molecular weight excluding hydrogens is 440 g/mol. The molecule has 1 fully saturated rings. The summed E-state index contributed by atoms with van der Waals surface area (Å²) < 4.78 is 5.45. The van der Waals surface area contributed by atoms with Crippen LogP contribution < -0.4 is 16.0 Å². The number of carbonyl (C=O) groups excluding carboxylic acids is 3. The number of amides is 3. The number of anilines is 1. The van der Waals surface area contributed by atoms with Crippen LogP contribution in [0.4, 0.5) is 10.5 Å². The van der Waals surface area contributed by atoms with Crippen molar-refractivity contribution in [3.63, 3.8) is 0 Å². The third-order valence-electron chi connectivity index (χ3n) is 5.15. The molecule has 2 atom stereocenters. The Labute approximate surface area is 201 Å². The van der Waals surface area contributed by atoms with E-state index in [4.69, 9.17) is 17.0 Å². The number of rotatable bonds is 9. The monoisotopic (exact) mass is 476 g/mol. The number of nitrogens with zero attached hydrogens (tertiary/aromatic N) is 1. The second kappa shape index (κ2) is 12.5. The van der Waals surface area contributed by atoms with Crippen molar-refractivity contribution in [2.75, 3.05) is 18.4 Å². The quantitative estimate of drug-likeness (QED) is 0.372. The summed E-state index contributed by atoms with van der Waals surface area (Å²) in [6.07, 6.45) is 2.75. The number of unbranched alkanes of at least 4 members (excludes halogenated alkanes) is 1. The molecule has 3 N–H and O–H groups in total. The van der Waals surface area contributed by atoms with Crippen LogP contribution >= 0.6 is 12.2 Å². The lowest BCUT2D eigenvalue weighted by atomic mass is 10.1. The van der Waals surface area contributed by atoms with E-state index >= 15 is 0 Å². The zero-order chi connectivity index (χ0) is 24.4. The van der Waals surface area contributed by atoms with Gasteiger partial charge < -0.3 is 20.7 Å². The van der Waals surface area contributed by atoms with Gasteiger partial charge in [0.2, 0.25) is 11.8 Å². The van der Waals surface area contributed by atoms with E-state index in [0.29, 0.717) is 38.0 Å². The molecule has 3 amide bonds. The summed E-state index contributed by atoms with van der Waals surface area (Å²) in [6, 6.07) is 7.76. The third kappa shape index (κ3) is 9.37. The van der Waals surface area contributed by atoms with E-state index < -0.39 is 23.8 Å². The van der Waals surface area contributed by atoms with Crippen molar-refractivity contribution in [2.24, 2.45) is 0 Å². The van der Waals surface area contributed by atoms with Crippen molar-refractivity contribution in [1.29, 1.82) is 0 Å². The first kappa shape index (κ1) is 26.6. The molecule has 1 aliphatic heterocycles. The van der Waals surface area contributed by atoms with Crippen molar-refractivity contribution >= 4 is 40.8 Å². The van der Waals surface area contributed by atoms with Crippen LogP contribution in [0.3, 0.4) is 0 Å². The average Bonchev–Trinajstić information content (AvgIpc) is 3.22. The van der Waals surface area contributed by atoms with Gasteiger partial charge in [0.1, 0.15) is 17.7 Å². The Hall–Kier alpha value is -2.68. The zero-order valence-electron chi connectivity index (χ0n) is 20.0. The van der Waals surface area contributed by atoms with Crippen LogP contribution in [0.15, 0.2) is 30.3 Å². The number of carbonyl (C=O) groups is 3. The van der Waals surface area contributed by atoms with Gasteiger partial charge in [0, 0.05) is 18.8 Å². The first-order chi connectivity index (χ1) is 15.6. The summed E-state index contributed by atoms with van der Waals surface area (Å²) in [5.74, 6) is -0.616. The summed E-state index contributed by atoms with van der Waals surface area (Å²) in [4.78, 5) is 40.8. The molecule has 1 aliphatic rings. The van der Waals surface area contributed by atoms with Crippen molar-refractivity contribution in [2.45, 2.75) is 77.5 Å². The minimum absolute atomic E-state index is 0.282. The summed E-state index contributed by atoms with van der Waals surface area (Å²) in [6.45, 7) is 8.37. The fraction of sp³-hybridized carbons (Fsp3) is 0.583. The molecule has 182 valence electrons. The fourth-order valence-electron chi connectivity index (χ4n) is 3.60. The maximum absolute atomic E-state index is 13.1. The predicted octanol–water partition coefficient (Wildman–Crippen LogP) is 3.62. The zero-order valence-corrected chi connectivity index (χ0v) is 20.8. The molecule has 9 heteroatoms. The second-order valence-corrected chi connectivity index (χ2v) is 9.84. The smallest absolute Gasteiger partial charge is 0.410 e. The average molecular weight is 477 g/mol. The molecule has 1 saturated heterocycles. The van der Waals surface area contributed by atoms with Gasteiger partial charge in [-0.1, -0.05) is 30.4 Å². The van der Waals surface area contributed by atoms with Gasteiger partial charge in [0.15, 0.2) is 0 Å². The van der Waals surface area contributed by atoms with E-state index in [1.165, 1.54) is 4.90 Å². The van der Waals surface area contributed by atoms with Crippen molar-refractivity contribution in [3.05, 3.63) is 30.3 Å². The Balaban J connectivity index is 2.03. The maximum atomic E-state index is 13.1. The number of para-hydroxylation sites is 1. The highest BCUT2D eigenvalue weighted by molar-refractivity contribution is 7.80. The van der Waals surface area contributed by atoms with Gasteiger partial charge in [-0.3, -0.25) is 14.5 Å². The molecule has 1 aromatic rings. The molecular formula is C24H36N4O4S. The maximum Gasteiger partial charge on any atom is 0.410 e. The van der Waals surface area contributed by atoms with Crippen molar-refractivity contribution < 1.29 is 19.1 Å². The van der Waals surface area contributed by atoms with Crippen LogP contribution in [0.5, 0.6) is 0 Å². The molecule has 33 heavy (non-hydrogen) atoms. The van der Waals surface area contributed by atoms with Crippen LogP contribution in [-0.4, -0.2) is 58.6 Å². The van der Waals surface area contributed by atoms with Crippen molar-refractivity contribution in [3.8, 4) is 0 Å². The Morgan fingerprint density at radius 3 is 2.52 bits per heavy atom. The first-order valence-corrected chi connectivity index (χ1v) is 11.9. The van der Waals surface area contributed by atoms with Crippen LogP contribution in [0, 0.1) is 0 Å². The minimum atomic E-state index is -0.715. The topological polar surface area (TPSA) is 99.8 Å². The van der Waals surface area contributed by atoms with Gasteiger partial charge in [-0.15, -0.1) is 0 Å². The number of hydrogen-bond acceptors (Lipinski definition) is 5.